The molecule has 0 saturated carbocycles. The van der Waals surface area contributed by atoms with Crippen LogP contribution in [0.5, 0.6) is 0 Å². The minimum absolute atomic E-state index is 0.0741. The number of amides is 1. The van der Waals surface area contributed by atoms with E-state index in [1.165, 1.54) is 7.11 Å². The van der Waals surface area contributed by atoms with Crippen molar-refractivity contribution in [2.24, 2.45) is 0 Å². The molecule has 0 spiro atoms. The summed E-state index contributed by atoms with van der Waals surface area (Å²) < 4.78 is 4.99. The Morgan fingerprint density at radius 3 is 2.18 bits per heavy atom. The van der Waals surface area contributed by atoms with E-state index in [2.05, 4.69) is 5.32 Å². The summed E-state index contributed by atoms with van der Waals surface area (Å²) in [6, 6.07) is 0.164. The lowest BCUT2D eigenvalue weighted by Crippen LogP contribution is -2.46. The van der Waals surface area contributed by atoms with Gasteiger partial charge in [-0.05, 0) is 27.7 Å². The van der Waals surface area contributed by atoms with Gasteiger partial charge in [-0.25, -0.2) is 0 Å². The van der Waals surface area contributed by atoms with Gasteiger partial charge in [0.1, 0.15) is 5.60 Å². The van der Waals surface area contributed by atoms with Gasteiger partial charge in [-0.3, -0.25) is 4.79 Å². The minimum Gasteiger partial charge on any atom is -0.369 e. The molecule has 0 aliphatic rings. The highest BCUT2D eigenvalue weighted by molar-refractivity contribution is 5.84. The van der Waals surface area contributed by atoms with E-state index in [-0.39, 0.29) is 11.9 Å². The van der Waals surface area contributed by atoms with Crippen LogP contribution in [0.4, 0.5) is 0 Å². The Kier molecular flexibility index (Phi) is 3.52. The van der Waals surface area contributed by atoms with Crippen molar-refractivity contribution in [3.63, 3.8) is 0 Å². The van der Waals surface area contributed by atoms with Gasteiger partial charge < -0.3 is 10.1 Å². The summed E-state index contributed by atoms with van der Waals surface area (Å²) in [5.41, 5.74) is -0.718. The average Bonchev–Trinajstić information content (AvgIpc) is 1.86. The van der Waals surface area contributed by atoms with Crippen molar-refractivity contribution in [2.75, 3.05) is 7.11 Å². The molecule has 0 aliphatic carbocycles. The maximum atomic E-state index is 11.3. The zero-order chi connectivity index (χ0) is 9.07. The third-order valence-corrected chi connectivity index (χ3v) is 1.48. The van der Waals surface area contributed by atoms with Crippen LogP contribution in [0.25, 0.3) is 0 Å². The molecule has 0 saturated heterocycles. The van der Waals surface area contributed by atoms with Crippen LogP contribution < -0.4 is 5.32 Å². The fourth-order valence-electron chi connectivity index (χ4n) is 0.529. The Morgan fingerprint density at radius 2 is 1.91 bits per heavy atom. The number of hydrogen-bond acceptors (Lipinski definition) is 2. The average molecular weight is 159 g/mol. The normalized spacial score (nSPS) is 11.8. The summed E-state index contributed by atoms with van der Waals surface area (Å²) in [5.74, 6) is -0.0741. The molecule has 66 valence electrons. The number of methoxy groups -OCH3 is 1. The second kappa shape index (κ2) is 3.72. The van der Waals surface area contributed by atoms with Gasteiger partial charge in [0.2, 0.25) is 0 Å². The first kappa shape index (κ1) is 10.4. The molecule has 0 aromatic carbocycles. The third kappa shape index (κ3) is 3.37. The van der Waals surface area contributed by atoms with Crippen LogP contribution in [0.2, 0.25) is 0 Å². The van der Waals surface area contributed by atoms with Gasteiger partial charge in [0.05, 0.1) is 0 Å². The molecule has 3 nitrogen and oxygen atoms in total. The van der Waals surface area contributed by atoms with Crippen LogP contribution in [-0.2, 0) is 9.53 Å². The topological polar surface area (TPSA) is 38.3 Å². The van der Waals surface area contributed by atoms with Crippen LogP contribution in [0.3, 0.4) is 0 Å². The van der Waals surface area contributed by atoms with Gasteiger partial charge in [-0.1, -0.05) is 0 Å². The molecule has 0 heterocycles. The second-order valence-corrected chi connectivity index (χ2v) is 3.34. The predicted octanol–water partition coefficient (Wildman–Crippen LogP) is 0.936. The Hall–Kier alpha value is -0.570. The molecule has 0 atom stereocenters. The number of rotatable bonds is 3. The molecule has 11 heavy (non-hydrogen) atoms. The molecular weight excluding hydrogens is 142 g/mol. The first-order chi connectivity index (χ1) is 4.90. The molecule has 3 heteroatoms. The van der Waals surface area contributed by atoms with E-state index in [0.29, 0.717) is 0 Å². The summed E-state index contributed by atoms with van der Waals surface area (Å²) in [6.45, 7) is 7.32. The van der Waals surface area contributed by atoms with Crippen LogP contribution in [0.15, 0.2) is 0 Å². The van der Waals surface area contributed by atoms with Gasteiger partial charge in [-0.15, -0.1) is 0 Å². The molecular formula is C8H17NO2. The second-order valence-electron chi connectivity index (χ2n) is 3.34. The van der Waals surface area contributed by atoms with Gasteiger partial charge in [0, 0.05) is 13.2 Å². The van der Waals surface area contributed by atoms with E-state index in [1.807, 2.05) is 13.8 Å². The highest BCUT2D eigenvalue weighted by Crippen LogP contribution is 2.06. The minimum atomic E-state index is -0.718. The molecule has 1 amide bonds. The molecule has 0 aromatic heterocycles. The number of nitrogens with one attached hydrogen (secondary N) is 1. The van der Waals surface area contributed by atoms with E-state index in [0.717, 1.165) is 0 Å². The number of hydrogen-bond donors (Lipinski definition) is 1. The molecule has 0 unspecified atom stereocenters. The van der Waals surface area contributed by atoms with Crippen LogP contribution >= 0.6 is 0 Å². The molecule has 0 rings (SSSR count). The number of carbonyl (C=O) groups excluding carboxylic acids is 1. The lowest BCUT2D eigenvalue weighted by Gasteiger charge is -2.22. The summed E-state index contributed by atoms with van der Waals surface area (Å²) in [6.07, 6.45) is 0. The van der Waals surface area contributed by atoms with E-state index in [9.17, 15) is 4.79 Å². The van der Waals surface area contributed by atoms with Crippen molar-refractivity contribution in [1.82, 2.24) is 5.32 Å². The van der Waals surface area contributed by atoms with Crippen LogP contribution in [0, 0.1) is 0 Å². The highest BCUT2D eigenvalue weighted by atomic mass is 16.5. The monoisotopic (exact) mass is 159 g/mol. The first-order valence-corrected chi connectivity index (χ1v) is 3.76. The SMILES string of the molecule is COC(C)(C)C(=O)NC(C)C. The van der Waals surface area contributed by atoms with E-state index < -0.39 is 5.60 Å². The van der Waals surface area contributed by atoms with Gasteiger partial charge in [0.15, 0.2) is 0 Å². The lowest BCUT2D eigenvalue weighted by atomic mass is 10.1. The van der Waals surface area contributed by atoms with E-state index >= 15 is 0 Å². The number of carbonyl (C=O) groups is 1. The molecule has 0 radical (unpaired) electrons. The summed E-state index contributed by atoms with van der Waals surface area (Å²) >= 11 is 0. The Bertz CT molecular complexity index is 141. The number of ether oxygens (including phenoxy) is 1. The zero-order valence-electron chi connectivity index (χ0n) is 7.89. The highest BCUT2D eigenvalue weighted by Gasteiger charge is 2.26. The van der Waals surface area contributed by atoms with Crippen LogP contribution in [-0.4, -0.2) is 24.7 Å². The maximum Gasteiger partial charge on any atom is 0.251 e. The standard InChI is InChI=1S/C8H17NO2/c1-6(2)9-7(10)8(3,4)11-5/h6H,1-5H3,(H,9,10). The zero-order valence-corrected chi connectivity index (χ0v) is 7.89. The predicted molar refractivity (Wildman–Crippen MR) is 44.4 cm³/mol. The van der Waals surface area contributed by atoms with Crippen molar-refractivity contribution >= 4 is 5.91 Å². The van der Waals surface area contributed by atoms with Crippen molar-refractivity contribution in [2.45, 2.75) is 39.3 Å². The van der Waals surface area contributed by atoms with Crippen molar-refractivity contribution < 1.29 is 9.53 Å². The smallest absolute Gasteiger partial charge is 0.251 e. The van der Waals surface area contributed by atoms with E-state index in [4.69, 9.17) is 4.74 Å². The summed E-state index contributed by atoms with van der Waals surface area (Å²) in [5, 5.41) is 2.77. The fourth-order valence-corrected chi connectivity index (χ4v) is 0.529. The third-order valence-electron chi connectivity index (χ3n) is 1.48. The van der Waals surface area contributed by atoms with Crippen molar-refractivity contribution in [3.8, 4) is 0 Å². The fraction of sp³-hybridized carbons (Fsp3) is 0.875. The maximum absolute atomic E-state index is 11.3. The first-order valence-electron chi connectivity index (χ1n) is 3.76. The summed E-state index contributed by atoms with van der Waals surface area (Å²) in [4.78, 5) is 11.3. The van der Waals surface area contributed by atoms with E-state index in [1.54, 1.807) is 13.8 Å². The quantitative estimate of drug-likeness (QED) is 0.665. The largest absolute Gasteiger partial charge is 0.369 e. The van der Waals surface area contributed by atoms with Crippen molar-refractivity contribution in [1.29, 1.82) is 0 Å². The Labute approximate surface area is 68.1 Å². The molecule has 1 N–H and O–H groups in total. The molecule has 0 aliphatic heterocycles. The van der Waals surface area contributed by atoms with Gasteiger partial charge in [-0.2, -0.15) is 0 Å². The summed E-state index contributed by atoms with van der Waals surface area (Å²) in [7, 11) is 1.53. The van der Waals surface area contributed by atoms with Gasteiger partial charge >= 0.3 is 0 Å². The van der Waals surface area contributed by atoms with Crippen LogP contribution in [0.1, 0.15) is 27.7 Å². The van der Waals surface area contributed by atoms with Crippen molar-refractivity contribution in [3.05, 3.63) is 0 Å². The molecule has 0 aromatic rings. The Morgan fingerprint density at radius 1 is 1.45 bits per heavy atom. The Balaban J connectivity index is 4.02. The van der Waals surface area contributed by atoms with Gasteiger partial charge in [0.25, 0.3) is 5.91 Å². The lowest BCUT2D eigenvalue weighted by molar-refractivity contribution is -0.140. The molecule has 0 fully saturated rings. The molecule has 0 bridgehead atoms.